The lowest BCUT2D eigenvalue weighted by Gasteiger charge is -2.16. The largest absolute Gasteiger partial charge is 0.492 e. The lowest BCUT2D eigenvalue weighted by Crippen LogP contribution is -2.29. The van der Waals surface area contributed by atoms with E-state index in [-0.39, 0.29) is 19.7 Å². The van der Waals surface area contributed by atoms with Crippen molar-refractivity contribution >= 4 is 23.3 Å². The number of carbonyl (C=O) groups is 1. The third kappa shape index (κ3) is 5.99. The topological polar surface area (TPSA) is 72.3 Å². The van der Waals surface area contributed by atoms with Crippen molar-refractivity contribution in [3.05, 3.63) is 70.6 Å². The number of amides is 1. The van der Waals surface area contributed by atoms with Gasteiger partial charge in [-0.3, -0.25) is 9.48 Å². The van der Waals surface area contributed by atoms with Crippen molar-refractivity contribution in [3.63, 3.8) is 0 Å². The van der Waals surface area contributed by atoms with E-state index >= 15 is 0 Å². The van der Waals surface area contributed by atoms with Gasteiger partial charge in [0.1, 0.15) is 18.2 Å². The molecule has 180 valence electrons. The average molecular weight is 494 g/mol. The number of nitrogens with one attached hydrogen (secondary N) is 1. The summed E-state index contributed by atoms with van der Waals surface area (Å²) in [6.45, 7) is 2.03. The van der Waals surface area contributed by atoms with Crippen molar-refractivity contribution < 1.29 is 22.7 Å². The van der Waals surface area contributed by atoms with E-state index in [1.165, 1.54) is 0 Å². The van der Waals surface area contributed by atoms with E-state index in [2.05, 4.69) is 20.3 Å². The second-order valence-electron chi connectivity index (χ2n) is 7.87. The number of halogens is 4. The Hall–Kier alpha value is -3.27. The fourth-order valence-corrected chi connectivity index (χ4v) is 3.87. The Morgan fingerprint density at radius 2 is 1.97 bits per heavy atom. The number of ether oxygens (including phenoxy) is 1. The molecule has 11 heteroatoms. The molecule has 0 spiro atoms. The zero-order chi connectivity index (χ0) is 24.1. The number of nitrogens with zero attached hydrogens (tertiary/aromatic N) is 4. The Bertz CT molecular complexity index is 1130. The summed E-state index contributed by atoms with van der Waals surface area (Å²) in [5.41, 5.74) is -1.10. The van der Waals surface area contributed by atoms with Crippen molar-refractivity contribution in [1.29, 1.82) is 0 Å². The molecule has 34 heavy (non-hydrogen) atoms. The molecule has 2 aromatic heterocycles. The first kappa shape index (κ1) is 23.9. The minimum absolute atomic E-state index is 0.00963. The van der Waals surface area contributed by atoms with Crippen LogP contribution >= 0.6 is 11.6 Å². The molecule has 0 saturated carbocycles. The van der Waals surface area contributed by atoms with E-state index in [4.69, 9.17) is 16.3 Å². The summed E-state index contributed by atoms with van der Waals surface area (Å²) in [5, 5.41) is 6.56. The van der Waals surface area contributed by atoms with E-state index in [0.717, 1.165) is 42.6 Å². The highest BCUT2D eigenvalue weighted by Gasteiger charge is 2.39. The van der Waals surface area contributed by atoms with E-state index < -0.39 is 23.3 Å². The predicted octanol–water partition coefficient (Wildman–Crippen LogP) is 4.41. The molecule has 0 aliphatic carbocycles. The maximum atomic E-state index is 13.5. The molecule has 0 radical (unpaired) electrons. The van der Waals surface area contributed by atoms with Gasteiger partial charge in [0.15, 0.2) is 5.69 Å². The predicted molar refractivity (Wildman–Crippen MR) is 121 cm³/mol. The Labute approximate surface area is 199 Å². The Kier molecular flexibility index (Phi) is 7.26. The number of rotatable bonds is 8. The molecule has 3 heterocycles. The molecule has 1 fully saturated rings. The summed E-state index contributed by atoms with van der Waals surface area (Å²) in [4.78, 5) is 19.1. The van der Waals surface area contributed by atoms with Crippen LogP contribution < -0.4 is 15.0 Å². The number of anilines is 1. The van der Waals surface area contributed by atoms with Crippen molar-refractivity contribution in [2.75, 3.05) is 31.1 Å². The van der Waals surface area contributed by atoms with E-state index in [1.54, 1.807) is 30.5 Å². The fourth-order valence-electron chi connectivity index (χ4n) is 3.69. The molecular formula is C23H23ClF3N5O2. The quantitative estimate of drug-likeness (QED) is 0.471. The van der Waals surface area contributed by atoms with Gasteiger partial charge in [-0.1, -0.05) is 23.7 Å². The van der Waals surface area contributed by atoms with Crippen LogP contribution in [-0.2, 0) is 12.7 Å². The molecule has 1 N–H and O–H groups in total. The molecule has 0 bridgehead atoms. The van der Waals surface area contributed by atoms with Crippen LogP contribution in [0.5, 0.6) is 5.75 Å². The van der Waals surface area contributed by atoms with Crippen LogP contribution in [0.1, 0.15) is 34.5 Å². The van der Waals surface area contributed by atoms with Gasteiger partial charge in [0.25, 0.3) is 5.91 Å². The van der Waals surface area contributed by atoms with Gasteiger partial charge in [0, 0.05) is 30.5 Å². The molecule has 1 aromatic carbocycles. The SMILES string of the molecule is O=C(NCCOc1cccc(Cl)c1)c1cn(Cc2ccc(N3CCCC3)nc2)nc1C(F)(F)F. The second kappa shape index (κ2) is 10.3. The Balaban J connectivity index is 1.39. The highest BCUT2D eigenvalue weighted by Crippen LogP contribution is 2.31. The molecular weight excluding hydrogens is 471 g/mol. The molecule has 0 unspecified atom stereocenters. The van der Waals surface area contributed by atoms with Crippen LogP contribution in [0, 0.1) is 0 Å². The Morgan fingerprint density at radius 1 is 1.18 bits per heavy atom. The molecule has 7 nitrogen and oxygen atoms in total. The highest BCUT2D eigenvalue weighted by molar-refractivity contribution is 6.30. The molecule has 3 aromatic rings. The first-order valence-electron chi connectivity index (χ1n) is 10.8. The van der Waals surface area contributed by atoms with Crippen LogP contribution in [0.4, 0.5) is 19.0 Å². The molecule has 4 rings (SSSR count). The zero-order valence-electron chi connectivity index (χ0n) is 18.2. The number of hydrogen-bond donors (Lipinski definition) is 1. The molecule has 1 aliphatic heterocycles. The van der Waals surface area contributed by atoms with Gasteiger partial charge in [0.2, 0.25) is 0 Å². The van der Waals surface area contributed by atoms with Crippen LogP contribution in [0.3, 0.4) is 0 Å². The van der Waals surface area contributed by atoms with E-state index in [1.807, 2.05) is 12.1 Å². The van der Waals surface area contributed by atoms with Gasteiger partial charge in [-0.05, 0) is 42.7 Å². The van der Waals surface area contributed by atoms with Crippen LogP contribution in [0.2, 0.25) is 5.02 Å². The minimum Gasteiger partial charge on any atom is -0.492 e. The number of alkyl halides is 3. The summed E-state index contributed by atoms with van der Waals surface area (Å²) >= 11 is 5.87. The van der Waals surface area contributed by atoms with Crippen molar-refractivity contribution in [2.45, 2.75) is 25.6 Å². The van der Waals surface area contributed by atoms with Gasteiger partial charge < -0.3 is 15.0 Å². The summed E-state index contributed by atoms with van der Waals surface area (Å²) < 4.78 is 47.1. The number of aromatic nitrogens is 3. The van der Waals surface area contributed by atoms with Crippen LogP contribution in [0.15, 0.2) is 48.8 Å². The molecule has 1 aliphatic rings. The minimum atomic E-state index is -4.77. The van der Waals surface area contributed by atoms with Gasteiger partial charge in [-0.25, -0.2) is 4.98 Å². The van der Waals surface area contributed by atoms with Gasteiger partial charge in [-0.2, -0.15) is 18.3 Å². The number of hydrogen-bond acceptors (Lipinski definition) is 5. The van der Waals surface area contributed by atoms with E-state index in [9.17, 15) is 18.0 Å². The van der Waals surface area contributed by atoms with Crippen molar-refractivity contribution in [3.8, 4) is 5.75 Å². The van der Waals surface area contributed by atoms with Crippen molar-refractivity contribution in [2.24, 2.45) is 0 Å². The maximum Gasteiger partial charge on any atom is 0.435 e. The van der Waals surface area contributed by atoms with E-state index in [0.29, 0.717) is 16.3 Å². The molecule has 0 atom stereocenters. The standard InChI is InChI=1S/C23H23ClF3N5O2/c24-17-4-3-5-18(12-17)34-11-8-28-22(33)19-15-32(30-21(19)23(25,26)27)14-16-6-7-20(29-13-16)31-9-1-2-10-31/h3-7,12-13,15H,1-2,8-11,14H2,(H,28,33). The Morgan fingerprint density at radius 3 is 2.65 bits per heavy atom. The molecule has 1 saturated heterocycles. The fraction of sp³-hybridized carbons (Fsp3) is 0.348. The summed E-state index contributed by atoms with van der Waals surface area (Å²) in [6, 6.07) is 10.3. The lowest BCUT2D eigenvalue weighted by atomic mass is 10.2. The normalized spacial score (nSPS) is 13.8. The number of carbonyl (C=O) groups excluding carboxylic acids is 1. The third-order valence-electron chi connectivity index (χ3n) is 5.31. The number of pyridine rings is 1. The first-order valence-corrected chi connectivity index (χ1v) is 11.2. The van der Waals surface area contributed by atoms with Crippen molar-refractivity contribution in [1.82, 2.24) is 20.1 Å². The summed E-state index contributed by atoms with van der Waals surface area (Å²) in [7, 11) is 0. The van der Waals surface area contributed by atoms with Crippen LogP contribution in [0.25, 0.3) is 0 Å². The van der Waals surface area contributed by atoms with Gasteiger partial charge in [-0.15, -0.1) is 0 Å². The van der Waals surface area contributed by atoms with Gasteiger partial charge in [0.05, 0.1) is 18.7 Å². The average Bonchev–Trinajstić information content (AvgIpc) is 3.48. The summed E-state index contributed by atoms with van der Waals surface area (Å²) in [5.74, 6) is 0.462. The summed E-state index contributed by atoms with van der Waals surface area (Å²) in [6.07, 6.45) is 0.190. The highest BCUT2D eigenvalue weighted by atomic mass is 35.5. The molecule has 1 amide bonds. The monoisotopic (exact) mass is 493 g/mol. The maximum absolute atomic E-state index is 13.5. The lowest BCUT2D eigenvalue weighted by molar-refractivity contribution is -0.141. The van der Waals surface area contributed by atoms with Crippen LogP contribution in [-0.4, -0.2) is 46.9 Å². The first-order chi connectivity index (χ1) is 16.3. The zero-order valence-corrected chi connectivity index (χ0v) is 18.9. The number of benzene rings is 1. The van der Waals surface area contributed by atoms with Gasteiger partial charge >= 0.3 is 6.18 Å². The smallest absolute Gasteiger partial charge is 0.435 e. The third-order valence-corrected chi connectivity index (χ3v) is 5.55. The second-order valence-corrected chi connectivity index (χ2v) is 8.30.